The molecule has 4 heterocycles. The Labute approximate surface area is 227 Å². The molecule has 4 N–H and O–H groups in total. The lowest BCUT2D eigenvalue weighted by Gasteiger charge is -2.36. The maximum absolute atomic E-state index is 15.8. The highest BCUT2D eigenvalue weighted by atomic mass is 32.2. The van der Waals surface area contributed by atoms with E-state index in [1.807, 2.05) is 6.92 Å². The molecule has 0 bridgehead atoms. The number of nitrogens with one attached hydrogen (secondary N) is 2. The van der Waals surface area contributed by atoms with Crippen molar-refractivity contribution in [3.8, 4) is 6.07 Å². The van der Waals surface area contributed by atoms with Crippen LogP contribution >= 0.6 is 11.8 Å². The summed E-state index contributed by atoms with van der Waals surface area (Å²) < 4.78 is 21.7. The molecule has 3 unspecified atom stereocenters. The zero-order valence-electron chi connectivity index (χ0n) is 22.2. The quantitative estimate of drug-likeness (QED) is 0.543. The number of nitrogens with two attached hydrogens (primary N) is 1. The van der Waals surface area contributed by atoms with Gasteiger partial charge in [0.2, 0.25) is 0 Å². The van der Waals surface area contributed by atoms with Gasteiger partial charge in [-0.15, -0.1) is 11.8 Å². The number of hydrogen-bond donors (Lipinski definition) is 3. The zero-order valence-corrected chi connectivity index (χ0v) is 23.0. The number of aliphatic imine (C=N–C) groups is 1. The van der Waals surface area contributed by atoms with Crippen LogP contribution in [0, 0.1) is 17.1 Å². The molecule has 1 aliphatic carbocycles. The van der Waals surface area contributed by atoms with Gasteiger partial charge in [-0.3, -0.25) is 0 Å². The Kier molecular flexibility index (Phi) is 6.37. The van der Waals surface area contributed by atoms with Crippen LogP contribution in [0.2, 0.25) is 0 Å². The van der Waals surface area contributed by atoms with Gasteiger partial charge < -0.3 is 26.0 Å². The first-order valence-corrected chi connectivity index (χ1v) is 14.2. The molecule has 1 aromatic rings. The molecule has 3 atom stereocenters. The summed E-state index contributed by atoms with van der Waals surface area (Å²) in [7, 11) is 0. The van der Waals surface area contributed by atoms with Crippen LogP contribution in [0.15, 0.2) is 56.2 Å². The van der Waals surface area contributed by atoms with Crippen molar-refractivity contribution in [1.29, 1.82) is 5.26 Å². The molecule has 7 nitrogen and oxygen atoms in total. The van der Waals surface area contributed by atoms with E-state index in [0.717, 1.165) is 51.7 Å². The predicted molar refractivity (Wildman–Crippen MR) is 150 cm³/mol. The molecular weight excluding hydrogens is 499 g/mol. The number of benzene rings is 1. The van der Waals surface area contributed by atoms with E-state index < -0.39 is 0 Å². The molecule has 0 saturated carbocycles. The van der Waals surface area contributed by atoms with Crippen molar-refractivity contribution in [1.82, 2.24) is 15.5 Å². The normalized spacial score (nSPS) is 26.7. The fraction of sp³-hybridized carbons (Fsp3) is 0.448. The highest BCUT2D eigenvalue weighted by Gasteiger charge is 2.40. The van der Waals surface area contributed by atoms with Crippen molar-refractivity contribution < 1.29 is 9.13 Å². The van der Waals surface area contributed by atoms with Crippen molar-refractivity contribution in [2.75, 3.05) is 25.5 Å². The monoisotopic (exact) mass is 532 g/mol. The van der Waals surface area contributed by atoms with Gasteiger partial charge in [-0.05, 0) is 54.7 Å². The van der Waals surface area contributed by atoms with E-state index in [4.69, 9.17) is 15.5 Å². The Morgan fingerprint density at radius 2 is 2.08 bits per heavy atom. The third-order valence-corrected chi connectivity index (χ3v) is 9.33. The van der Waals surface area contributed by atoms with Gasteiger partial charge >= 0.3 is 0 Å². The fourth-order valence-electron chi connectivity index (χ4n) is 6.40. The highest BCUT2D eigenvalue weighted by Crippen LogP contribution is 2.49. The van der Waals surface area contributed by atoms with E-state index in [0.29, 0.717) is 53.4 Å². The summed E-state index contributed by atoms with van der Waals surface area (Å²) >= 11 is 1.54. The van der Waals surface area contributed by atoms with E-state index in [2.05, 4.69) is 48.6 Å². The Bertz CT molecular complexity index is 1410. The van der Waals surface area contributed by atoms with Gasteiger partial charge in [0, 0.05) is 63.9 Å². The van der Waals surface area contributed by atoms with Crippen LogP contribution in [0.3, 0.4) is 0 Å². The van der Waals surface area contributed by atoms with Crippen molar-refractivity contribution in [2.24, 2.45) is 10.7 Å². The Balaban J connectivity index is 1.47. The molecule has 0 amide bonds. The first kappa shape index (κ1) is 25.2. The van der Waals surface area contributed by atoms with Crippen LogP contribution < -0.4 is 16.4 Å². The smallest absolute Gasteiger partial charge is 0.199 e. The molecule has 6 rings (SSSR count). The van der Waals surface area contributed by atoms with Crippen LogP contribution in [-0.4, -0.2) is 60.5 Å². The molecule has 4 aliphatic heterocycles. The van der Waals surface area contributed by atoms with Gasteiger partial charge in [-0.2, -0.15) is 5.26 Å². The largest absolute Gasteiger partial charge is 0.400 e. The molecule has 38 heavy (non-hydrogen) atoms. The molecule has 1 saturated heterocycles. The zero-order chi connectivity index (χ0) is 26.7. The molecular formula is C29H33FN6OS. The maximum atomic E-state index is 15.8. The Morgan fingerprint density at radius 1 is 1.29 bits per heavy atom. The van der Waals surface area contributed by atoms with Crippen LogP contribution in [0.1, 0.15) is 45.2 Å². The summed E-state index contributed by atoms with van der Waals surface area (Å²) in [6.07, 6.45) is 3.10. The summed E-state index contributed by atoms with van der Waals surface area (Å²) in [5.41, 5.74) is 13.0. The number of nitriles is 1. The summed E-state index contributed by atoms with van der Waals surface area (Å²) in [5, 5.41) is 17.1. The second kappa shape index (κ2) is 9.60. The van der Waals surface area contributed by atoms with Crippen molar-refractivity contribution in [2.45, 2.75) is 63.2 Å². The number of guanidine groups is 1. The molecule has 198 valence electrons. The molecule has 9 heteroatoms. The number of ether oxygens (including phenoxy) is 1. The van der Waals surface area contributed by atoms with Crippen LogP contribution in [0.5, 0.6) is 0 Å². The minimum absolute atomic E-state index is 0.260. The lowest BCUT2D eigenvalue weighted by Crippen LogP contribution is -2.49. The van der Waals surface area contributed by atoms with E-state index in [9.17, 15) is 5.26 Å². The standard InChI is InChI=1S/C29H33FN6OS/c1-14(2)34-23-7-8-36(16(23)4)29-33-10-18-19-11-37-12-20(19)25(15(3)28(18)35-29)27-21(30)5-6-24-26(27)17(9-31)22(32)13-38-24/h5-6,10,14,16,23,28,34H,7-8,11-13,32H2,1-4H3,(H,33,35). The summed E-state index contributed by atoms with van der Waals surface area (Å²) in [5.74, 6) is 1.00. The van der Waals surface area contributed by atoms with E-state index >= 15 is 4.39 Å². The number of rotatable bonds is 3. The van der Waals surface area contributed by atoms with Gasteiger partial charge in [0.25, 0.3) is 0 Å². The molecule has 1 aromatic carbocycles. The van der Waals surface area contributed by atoms with E-state index in [1.165, 1.54) is 6.07 Å². The first-order valence-electron chi connectivity index (χ1n) is 13.2. The minimum atomic E-state index is -0.360. The fourth-order valence-corrected chi connectivity index (χ4v) is 7.37. The summed E-state index contributed by atoms with van der Waals surface area (Å²) in [6.45, 7) is 10.4. The Hall–Kier alpha value is -3.06. The van der Waals surface area contributed by atoms with Crippen LogP contribution in [0.25, 0.3) is 11.1 Å². The van der Waals surface area contributed by atoms with Gasteiger partial charge in [-0.1, -0.05) is 13.8 Å². The van der Waals surface area contributed by atoms with Crippen LogP contribution in [-0.2, 0) is 4.74 Å². The van der Waals surface area contributed by atoms with E-state index in [-0.39, 0.29) is 17.9 Å². The predicted octanol–water partition coefficient (Wildman–Crippen LogP) is 3.91. The molecule has 0 aromatic heterocycles. The van der Waals surface area contributed by atoms with Gasteiger partial charge in [0.05, 0.1) is 18.8 Å². The molecule has 0 radical (unpaired) electrons. The number of fused-ring (bicyclic) bond motifs is 3. The number of nitrogens with zero attached hydrogens (tertiary/aromatic N) is 3. The average molecular weight is 533 g/mol. The lowest BCUT2D eigenvalue weighted by atomic mass is 9.76. The Morgan fingerprint density at radius 3 is 2.84 bits per heavy atom. The third-order valence-electron chi connectivity index (χ3n) is 8.22. The van der Waals surface area contributed by atoms with Crippen molar-refractivity contribution in [3.05, 3.63) is 63.3 Å². The second-order valence-corrected chi connectivity index (χ2v) is 11.9. The van der Waals surface area contributed by atoms with Gasteiger partial charge in [-0.25, -0.2) is 9.38 Å². The molecule has 5 aliphatic rings. The minimum Gasteiger partial charge on any atom is -0.400 e. The maximum Gasteiger partial charge on any atom is 0.199 e. The van der Waals surface area contributed by atoms with Gasteiger partial charge in [0.15, 0.2) is 5.96 Å². The van der Waals surface area contributed by atoms with E-state index in [1.54, 1.807) is 17.8 Å². The number of thioether (sulfide) groups is 1. The summed E-state index contributed by atoms with van der Waals surface area (Å²) in [4.78, 5) is 8.42. The summed E-state index contributed by atoms with van der Waals surface area (Å²) in [6, 6.07) is 6.36. The second-order valence-electron chi connectivity index (χ2n) is 10.9. The highest BCUT2D eigenvalue weighted by molar-refractivity contribution is 7.99. The van der Waals surface area contributed by atoms with Gasteiger partial charge in [0.1, 0.15) is 17.9 Å². The van der Waals surface area contributed by atoms with Crippen LogP contribution in [0.4, 0.5) is 4.39 Å². The van der Waals surface area contributed by atoms with Crippen molar-refractivity contribution >= 4 is 28.9 Å². The topological polar surface area (TPSA) is 98.7 Å². The number of halogens is 1. The lowest BCUT2D eigenvalue weighted by molar-refractivity contribution is 0.207. The third kappa shape index (κ3) is 3.89. The van der Waals surface area contributed by atoms with Crippen molar-refractivity contribution in [3.63, 3.8) is 0 Å². The molecule has 1 fully saturated rings. The number of allylic oxidation sites excluding steroid dienone is 1. The SMILES string of the molecule is CC1=C(c2c(F)ccc3c2C(C#N)=C(N)CS3)C2=C(COC2)C2=CNC(N3CCC(NC(C)C)C3C)=NC21. The number of hydrogen-bond acceptors (Lipinski definition) is 8. The average Bonchev–Trinajstić information content (AvgIpc) is 3.52. The number of likely N-dealkylation sites (tertiary alicyclic amines) is 1. The molecule has 0 spiro atoms. The first-order chi connectivity index (χ1) is 18.3.